The molecule has 0 atom stereocenters. The largest absolute Gasteiger partial charge is 0.497 e. The van der Waals surface area contributed by atoms with Gasteiger partial charge in [0.1, 0.15) is 11.3 Å². The molecule has 128 valence electrons. The highest BCUT2D eigenvalue weighted by molar-refractivity contribution is 7.51. The molecule has 3 rings (SSSR count). The molecule has 2 heterocycles. The number of anilines is 1. The molecule has 10 heteroatoms. The number of fused-ring (bicyclic) bond motifs is 3. The molecule has 0 saturated carbocycles. The molecule has 0 bridgehead atoms. The van der Waals surface area contributed by atoms with E-state index in [1.54, 1.807) is 13.2 Å². The predicted molar refractivity (Wildman–Crippen MR) is 90.8 cm³/mol. The van der Waals surface area contributed by atoms with Gasteiger partial charge in [0, 0.05) is 18.0 Å². The molecular formula is C14H17N4O5P. The van der Waals surface area contributed by atoms with Gasteiger partial charge in [-0.25, -0.2) is 4.79 Å². The molecule has 0 unspecified atom stereocenters. The number of aromatic amines is 2. The van der Waals surface area contributed by atoms with Crippen LogP contribution in [0.2, 0.25) is 0 Å². The highest BCUT2D eigenvalue weighted by atomic mass is 31.2. The number of benzene rings is 1. The first-order valence-corrected chi connectivity index (χ1v) is 9.05. The van der Waals surface area contributed by atoms with Gasteiger partial charge < -0.3 is 29.8 Å². The van der Waals surface area contributed by atoms with Gasteiger partial charge in [-0.15, -0.1) is 0 Å². The number of nitrogens with one attached hydrogen (secondary N) is 3. The van der Waals surface area contributed by atoms with E-state index in [0.29, 0.717) is 22.6 Å². The lowest BCUT2D eigenvalue weighted by molar-refractivity contribution is 0.372. The van der Waals surface area contributed by atoms with Crippen LogP contribution < -0.4 is 15.7 Å². The summed E-state index contributed by atoms with van der Waals surface area (Å²) in [5.74, 6) is 1.02. The van der Waals surface area contributed by atoms with Crippen molar-refractivity contribution in [2.75, 3.05) is 25.1 Å². The summed E-state index contributed by atoms with van der Waals surface area (Å²) < 4.78 is 16.1. The molecule has 0 spiro atoms. The molecule has 2 aromatic heterocycles. The van der Waals surface area contributed by atoms with E-state index in [2.05, 4.69) is 20.3 Å². The number of hydrogen-bond donors (Lipinski definition) is 5. The average Bonchev–Trinajstić information content (AvgIpc) is 2.88. The number of rotatable bonds is 6. The smallest absolute Gasteiger partial charge is 0.347 e. The number of hydrogen-bond acceptors (Lipinski definition) is 5. The van der Waals surface area contributed by atoms with Crippen LogP contribution in [-0.2, 0) is 4.57 Å². The van der Waals surface area contributed by atoms with Crippen LogP contribution in [0.15, 0.2) is 23.0 Å². The third kappa shape index (κ3) is 3.43. The van der Waals surface area contributed by atoms with Crippen LogP contribution in [-0.4, -0.2) is 44.6 Å². The molecule has 9 nitrogen and oxygen atoms in total. The maximum Gasteiger partial charge on any atom is 0.347 e. The summed E-state index contributed by atoms with van der Waals surface area (Å²) >= 11 is 0. The molecule has 1 aromatic carbocycles. The zero-order valence-electron chi connectivity index (χ0n) is 12.9. The number of aromatic nitrogens is 3. The first-order chi connectivity index (χ1) is 11.4. The van der Waals surface area contributed by atoms with Gasteiger partial charge in [-0.3, -0.25) is 4.57 Å². The van der Waals surface area contributed by atoms with Crippen LogP contribution in [0.1, 0.15) is 6.42 Å². The number of nitrogens with zero attached hydrogens (tertiary/aromatic N) is 1. The fraction of sp³-hybridized carbons (Fsp3) is 0.286. The minimum atomic E-state index is -4.03. The molecule has 0 aliphatic rings. The topological polar surface area (TPSA) is 140 Å². The highest BCUT2D eigenvalue weighted by Gasteiger charge is 2.14. The van der Waals surface area contributed by atoms with E-state index in [1.807, 2.05) is 12.1 Å². The molecule has 0 amide bonds. The van der Waals surface area contributed by atoms with Gasteiger partial charge in [0.25, 0.3) is 0 Å². The van der Waals surface area contributed by atoms with E-state index in [1.165, 1.54) is 0 Å². The minimum absolute atomic E-state index is 0.226. The summed E-state index contributed by atoms with van der Waals surface area (Å²) in [7, 11) is -2.46. The Labute approximate surface area is 136 Å². The van der Waals surface area contributed by atoms with Crippen LogP contribution in [0.5, 0.6) is 5.75 Å². The van der Waals surface area contributed by atoms with Crippen LogP contribution in [0.4, 0.5) is 5.82 Å². The lowest BCUT2D eigenvalue weighted by atomic mass is 10.2. The maximum atomic E-state index is 11.8. The maximum absolute atomic E-state index is 11.8. The molecule has 0 fully saturated rings. The zero-order chi connectivity index (χ0) is 17.3. The van der Waals surface area contributed by atoms with Gasteiger partial charge >= 0.3 is 13.3 Å². The molecular weight excluding hydrogens is 335 g/mol. The number of H-pyrrole nitrogens is 2. The molecule has 24 heavy (non-hydrogen) atoms. The molecule has 0 aliphatic heterocycles. The van der Waals surface area contributed by atoms with Crippen molar-refractivity contribution < 1.29 is 19.1 Å². The first-order valence-electron chi connectivity index (χ1n) is 7.25. The van der Waals surface area contributed by atoms with Crippen molar-refractivity contribution in [1.29, 1.82) is 0 Å². The Morgan fingerprint density at radius 1 is 1.29 bits per heavy atom. The van der Waals surface area contributed by atoms with Crippen LogP contribution in [0.3, 0.4) is 0 Å². The Morgan fingerprint density at radius 3 is 2.79 bits per heavy atom. The minimum Gasteiger partial charge on any atom is -0.497 e. The first kappa shape index (κ1) is 16.5. The Kier molecular flexibility index (Phi) is 4.31. The standard InChI is InChI=1S/C14H17N4O5P/c1-23-8-3-4-9-10(7-8)16-12-11(9)17-14(19)18-13(12)15-5-2-6-24(20,21)22/h3-4,7,16H,2,5-6H2,1H3,(H2,20,21,22)(H2,15,17,18,19). The molecule has 0 saturated heterocycles. The Bertz CT molecular complexity index is 990. The van der Waals surface area contributed by atoms with Gasteiger partial charge in [0.05, 0.1) is 24.3 Å². The normalized spacial score (nSPS) is 12.0. The van der Waals surface area contributed by atoms with E-state index in [0.717, 1.165) is 10.9 Å². The van der Waals surface area contributed by atoms with Gasteiger partial charge in [-0.1, -0.05) is 0 Å². The zero-order valence-corrected chi connectivity index (χ0v) is 13.8. The molecule has 5 N–H and O–H groups in total. The van der Waals surface area contributed by atoms with Crippen molar-refractivity contribution in [3.05, 3.63) is 28.7 Å². The van der Waals surface area contributed by atoms with Crippen molar-refractivity contribution in [3.8, 4) is 5.75 Å². The monoisotopic (exact) mass is 352 g/mol. The van der Waals surface area contributed by atoms with Gasteiger partial charge in [-0.2, -0.15) is 4.98 Å². The SMILES string of the molecule is COc1ccc2c(c1)[nH]c1c(NCCCP(=O)(O)O)nc(=O)[nH]c12. The van der Waals surface area contributed by atoms with Crippen molar-refractivity contribution >= 4 is 35.3 Å². The van der Waals surface area contributed by atoms with Crippen LogP contribution >= 0.6 is 7.60 Å². The van der Waals surface area contributed by atoms with E-state index in [9.17, 15) is 9.36 Å². The van der Waals surface area contributed by atoms with Gasteiger partial charge in [0.15, 0.2) is 5.82 Å². The lowest BCUT2D eigenvalue weighted by Crippen LogP contribution is -2.15. The molecule has 0 radical (unpaired) electrons. The summed E-state index contributed by atoms with van der Waals surface area (Å²) in [6.07, 6.45) is 0.0323. The van der Waals surface area contributed by atoms with Crippen LogP contribution in [0, 0.1) is 0 Å². The summed E-state index contributed by atoms with van der Waals surface area (Å²) in [5, 5.41) is 3.78. The fourth-order valence-corrected chi connectivity index (χ4v) is 3.09. The summed E-state index contributed by atoms with van der Waals surface area (Å²) in [6, 6.07) is 5.44. The average molecular weight is 352 g/mol. The summed E-state index contributed by atoms with van der Waals surface area (Å²) in [6.45, 7) is 0.287. The van der Waals surface area contributed by atoms with Crippen molar-refractivity contribution in [2.45, 2.75) is 6.42 Å². The van der Waals surface area contributed by atoms with E-state index < -0.39 is 13.3 Å². The second-order valence-corrected chi connectivity index (χ2v) is 7.12. The predicted octanol–water partition coefficient (Wildman–Crippen LogP) is 1.39. The van der Waals surface area contributed by atoms with Crippen molar-refractivity contribution in [2.24, 2.45) is 0 Å². The van der Waals surface area contributed by atoms with E-state index in [4.69, 9.17) is 14.5 Å². The molecule has 3 aromatic rings. The third-order valence-electron chi connectivity index (χ3n) is 3.61. The van der Waals surface area contributed by atoms with E-state index in [-0.39, 0.29) is 19.1 Å². The second-order valence-electron chi connectivity index (χ2n) is 5.35. The Morgan fingerprint density at radius 2 is 2.08 bits per heavy atom. The van der Waals surface area contributed by atoms with Gasteiger partial charge in [0.2, 0.25) is 0 Å². The highest BCUT2D eigenvalue weighted by Crippen LogP contribution is 2.35. The fourth-order valence-electron chi connectivity index (χ4n) is 2.52. The quantitative estimate of drug-likeness (QED) is 0.333. The second kappa shape index (κ2) is 6.27. The van der Waals surface area contributed by atoms with Crippen molar-refractivity contribution in [3.63, 3.8) is 0 Å². The van der Waals surface area contributed by atoms with Crippen LogP contribution in [0.25, 0.3) is 21.9 Å². The Hall–Kier alpha value is -2.35. The molecule has 0 aliphatic carbocycles. The third-order valence-corrected chi connectivity index (χ3v) is 4.51. The Balaban J connectivity index is 1.95. The number of methoxy groups -OCH3 is 1. The summed E-state index contributed by atoms with van der Waals surface area (Å²) in [4.78, 5) is 39.3. The van der Waals surface area contributed by atoms with E-state index >= 15 is 0 Å². The van der Waals surface area contributed by atoms with Crippen molar-refractivity contribution in [1.82, 2.24) is 15.0 Å². The van der Waals surface area contributed by atoms with Gasteiger partial charge in [-0.05, 0) is 18.6 Å². The summed E-state index contributed by atoms with van der Waals surface area (Å²) in [5.41, 5.74) is 1.52. The lowest BCUT2D eigenvalue weighted by Gasteiger charge is -2.07. The number of ether oxygens (including phenoxy) is 1.